The Bertz CT molecular complexity index is 1570. The standard InChI is InChI=1S/C33H35ClN4O3S/c1-21(11-12-23-13-14-28(30(39)17-23)35-19-24-6-3-9-27(34)16-24)36-31(40)25-7-4-8-26(18-25)33(41)38-15-5-10-29(38)32-37-22(2)20-42-32/h3-4,6-9,13-14,16-18,20-21,29,35,39H,5,10-12,15,19H2,1-2H3,(H,36,40)/t21-,29+/m0/s1. The Morgan fingerprint density at radius 3 is 2.67 bits per heavy atom. The summed E-state index contributed by atoms with van der Waals surface area (Å²) in [7, 11) is 0. The van der Waals surface area contributed by atoms with E-state index in [0.717, 1.165) is 34.7 Å². The lowest BCUT2D eigenvalue weighted by Crippen LogP contribution is -2.33. The number of phenolic OH excluding ortho intramolecular Hbond substituents is 1. The van der Waals surface area contributed by atoms with Crippen molar-refractivity contribution in [1.29, 1.82) is 0 Å². The molecule has 1 aliphatic heterocycles. The van der Waals surface area contributed by atoms with Crippen molar-refractivity contribution in [2.75, 3.05) is 11.9 Å². The Balaban J connectivity index is 1.14. The minimum absolute atomic E-state index is 0.0130. The maximum Gasteiger partial charge on any atom is 0.254 e. The molecule has 0 spiro atoms. The van der Waals surface area contributed by atoms with Crippen LogP contribution in [0.25, 0.3) is 0 Å². The molecule has 2 atom stereocenters. The van der Waals surface area contributed by atoms with Gasteiger partial charge in [-0.05, 0) is 93.1 Å². The van der Waals surface area contributed by atoms with Crippen LogP contribution in [0.2, 0.25) is 5.02 Å². The van der Waals surface area contributed by atoms with Gasteiger partial charge in [-0.3, -0.25) is 9.59 Å². The molecular formula is C33H35ClN4O3S. The number of halogens is 1. The quantitative estimate of drug-likeness (QED) is 0.168. The Kier molecular flexibility index (Phi) is 9.45. The van der Waals surface area contributed by atoms with E-state index in [2.05, 4.69) is 15.6 Å². The highest BCUT2D eigenvalue weighted by Crippen LogP contribution is 2.35. The summed E-state index contributed by atoms with van der Waals surface area (Å²) in [5.41, 5.74) is 4.59. The normalized spacial score (nSPS) is 15.4. The molecule has 1 fully saturated rings. The minimum Gasteiger partial charge on any atom is -0.506 e. The van der Waals surface area contributed by atoms with Crippen LogP contribution < -0.4 is 10.6 Å². The Labute approximate surface area is 255 Å². The zero-order chi connectivity index (χ0) is 29.6. The van der Waals surface area contributed by atoms with E-state index in [1.54, 1.807) is 41.7 Å². The number of aromatic hydroxyl groups is 1. The molecule has 0 bridgehead atoms. The number of carbonyl (C=O) groups excluding carboxylic acids is 2. The number of nitrogens with zero attached hydrogens (tertiary/aromatic N) is 2. The molecule has 9 heteroatoms. The average Bonchev–Trinajstić information content (AvgIpc) is 3.64. The molecule has 1 aromatic heterocycles. The van der Waals surface area contributed by atoms with Gasteiger partial charge in [0.05, 0.1) is 11.7 Å². The van der Waals surface area contributed by atoms with E-state index in [1.165, 1.54) is 0 Å². The molecule has 0 radical (unpaired) electrons. The maximum atomic E-state index is 13.4. The number of anilines is 1. The third-order valence-electron chi connectivity index (χ3n) is 7.48. The first-order valence-electron chi connectivity index (χ1n) is 14.2. The Hall–Kier alpha value is -3.88. The van der Waals surface area contributed by atoms with Crippen LogP contribution in [-0.2, 0) is 13.0 Å². The number of aromatic nitrogens is 1. The molecule has 3 aromatic carbocycles. The van der Waals surface area contributed by atoms with E-state index < -0.39 is 0 Å². The molecule has 42 heavy (non-hydrogen) atoms. The van der Waals surface area contributed by atoms with E-state index >= 15 is 0 Å². The van der Waals surface area contributed by atoms with E-state index in [-0.39, 0.29) is 29.6 Å². The number of nitrogens with one attached hydrogen (secondary N) is 2. The predicted molar refractivity (Wildman–Crippen MR) is 168 cm³/mol. The second-order valence-corrected chi connectivity index (χ2v) is 12.1. The van der Waals surface area contributed by atoms with Crippen LogP contribution in [0, 0.1) is 6.92 Å². The number of rotatable bonds is 10. The highest BCUT2D eigenvalue weighted by Gasteiger charge is 2.32. The van der Waals surface area contributed by atoms with Gasteiger partial charge < -0.3 is 20.6 Å². The van der Waals surface area contributed by atoms with Gasteiger partial charge in [-0.2, -0.15) is 0 Å². The van der Waals surface area contributed by atoms with Gasteiger partial charge in [-0.1, -0.05) is 35.9 Å². The summed E-state index contributed by atoms with van der Waals surface area (Å²) >= 11 is 7.65. The number of hydrogen-bond acceptors (Lipinski definition) is 6. The van der Waals surface area contributed by atoms with Crippen molar-refractivity contribution in [2.24, 2.45) is 0 Å². The van der Waals surface area contributed by atoms with Crippen LogP contribution in [0.3, 0.4) is 0 Å². The van der Waals surface area contributed by atoms with Gasteiger partial charge >= 0.3 is 0 Å². The van der Waals surface area contributed by atoms with Crippen LogP contribution in [0.15, 0.2) is 72.1 Å². The van der Waals surface area contributed by atoms with Gasteiger partial charge in [-0.25, -0.2) is 4.98 Å². The fourth-order valence-corrected chi connectivity index (χ4v) is 6.40. The topological polar surface area (TPSA) is 94.6 Å². The molecule has 218 valence electrons. The van der Waals surface area contributed by atoms with Gasteiger partial charge in [0.15, 0.2) is 0 Å². The molecule has 3 N–H and O–H groups in total. The second kappa shape index (κ2) is 13.4. The molecule has 0 unspecified atom stereocenters. The first-order chi connectivity index (χ1) is 20.3. The fourth-order valence-electron chi connectivity index (χ4n) is 5.24. The summed E-state index contributed by atoms with van der Waals surface area (Å²) in [6.45, 7) is 5.16. The summed E-state index contributed by atoms with van der Waals surface area (Å²) in [5.74, 6) is -0.106. The lowest BCUT2D eigenvalue weighted by atomic mass is 10.0. The average molecular weight is 603 g/mol. The van der Waals surface area contributed by atoms with Crippen LogP contribution in [0.1, 0.15) is 74.8 Å². The molecule has 0 aliphatic carbocycles. The lowest BCUT2D eigenvalue weighted by molar-refractivity contribution is 0.0735. The fraction of sp³-hybridized carbons (Fsp3) is 0.303. The number of thiazole rings is 1. The van der Waals surface area contributed by atoms with Gasteiger partial charge in [0.1, 0.15) is 10.8 Å². The number of aryl methyl sites for hydroxylation is 2. The minimum atomic E-state index is -0.214. The molecule has 4 aromatic rings. The molecule has 2 amide bonds. The van der Waals surface area contributed by atoms with Gasteiger partial charge in [0.2, 0.25) is 0 Å². The van der Waals surface area contributed by atoms with Gasteiger partial charge in [0, 0.05) is 46.4 Å². The van der Waals surface area contributed by atoms with Gasteiger partial charge in [0.25, 0.3) is 11.8 Å². The second-order valence-electron chi connectivity index (χ2n) is 10.8. The number of amides is 2. The van der Waals surface area contributed by atoms with Crippen LogP contribution >= 0.6 is 22.9 Å². The summed E-state index contributed by atoms with van der Waals surface area (Å²) < 4.78 is 0. The lowest BCUT2D eigenvalue weighted by Gasteiger charge is -2.23. The number of benzene rings is 3. The maximum absolute atomic E-state index is 13.4. The Morgan fingerprint density at radius 1 is 1.10 bits per heavy atom. The number of phenols is 1. The molecule has 7 nitrogen and oxygen atoms in total. The third kappa shape index (κ3) is 7.30. The van der Waals surface area contributed by atoms with Crippen molar-refractivity contribution in [3.8, 4) is 5.75 Å². The SMILES string of the molecule is Cc1csc([C@H]2CCCN2C(=O)c2cccc(C(=O)N[C@@H](C)CCc3ccc(NCc4cccc(Cl)c4)c(O)c3)c2)n1. The van der Waals surface area contributed by atoms with Crippen LogP contribution in [0.4, 0.5) is 5.69 Å². The highest BCUT2D eigenvalue weighted by atomic mass is 35.5. The van der Waals surface area contributed by atoms with E-state index in [4.69, 9.17) is 11.6 Å². The monoisotopic (exact) mass is 602 g/mol. The van der Waals surface area contributed by atoms with Gasteiger partial charge in [-0.15, -0.1) is 11.3 Å². The van der Waals surface area contributed by atoms with Crippen molar-refractivity contribution in [3.63, 3.8) is 0 Å². The molecule has 1 saturated heterocycles. The summed E-state index contributed by atoms with van der Waals surface area (Å²) in [5, 5.41) is 20.5. The third-order valence-corrected chi connectivity index (χ3v) is 8.78. The van der Waals surface area contributed by atoms with Crippen molar-refractivity contribution >= 4 is 40.4 Å². The van der Waals surface area contributed by atoms with E-state index in [1.807, 2.05) is 60.5 Å². The largest absolute Gasteiger partial charge is 0.506 e. The molecule has 2 heterocycles. The smallest absolute Gasteiger partial charge is 0.254 e. The van der Waals surface area contributed by atoms with E-state index in [0.29, 0.717) is 47.8 Å². The summed E-state index contributed by atoms with van der Waals surface area (Å²) in [6.07, 6.45) is 3.22. The predicted octanol–water partition coefficient (Wildman–Crippen LogP) is 7.15. The van der Waals surface area contributed by atoms with Crippen molar-refractivity contribution in [1.82, 2.24) is 15.2 Å². The van der Waals surface area contributed by atoms with Crippen LogP contribution in [-0.4, -0.2) is 39.4 Å². The molecule has 5 rings (SSSR count). The molecular weight excluding hydrogens is 568 g/mol. The highest BCUT2D eigenvalue weighted by molar-refractivity contribution is 7.09. The summed E-state index contributed by atoms with van der Waals surface area (Å²) in [4.78, 5) is 33.0. The Morgan fingerprint density at radius 2 is 1.90 bits per heavy atom. The first kappa shape index (κ1) is 29.6. The van der Waals surface area contributed by atoms with Crippen molar-refractivity contribution in [2.45, 2.75) is 58.2 Å². The zero-order valence-electron chi connectivity index (χ0n) is 23.8. The zero-order valence-corrected chi connectivity index (χ0v) is 25.3. The van der Waals surface area contributed by atoms with E-state index in [9.17, 15) is 14.7 Å². The molecule has 0 saturated carbocycles. The van der Waals surface area contributed by atoms with Crippen LogP contribution in [0.5, 0.6) is 5.75 Å². The number of likely N-dealkylation sites (tertiary alicyclic amines) is 1. The molecule has 1 aliphatic rings. The number of hydrogen-bond donors (Lipinski definition) is 3. The van der Waals surface area contributed by atoms with Crippen molar-refractivity contribution in [3.05, 3.63) is 110 Å². The number of carbonyl (C=O) groups is 2. The first-order valence-corrected chi connectivity index (χ1v) is 15.5. The van der Waals surface area contributed by atoms with Crippen molar-refractivity contribution < 1.29 is 14.7 Å². The summed E-state index contributed by atoms with van der Waals surface area (Å²) in [6, 6.07) is 20.0.